The maximum Gasteiger partial charge on any atom is 0.325 e. The standard InChI is InChI=1S/C19H23N3O3/c1-12-5-10-17(13(2)11-12)21-19(24)22-18(23)14(3)20-15-6-8-16(25-4)9-7-15/h5-11,14,20H,1-4H3,(H2,21,22,23,24). The van der Waals surface area contributed by atoms with Crippen molar-refractivity contribution in [2.45, 2.75) is 26.8 Å². The molecule has 0 heterocycles. The average molecular weight is 341 g/mol. The van der Waals surface area contributed by atoms with Crippen LogP contribution in [0.15, 0.2) is 42.5 Å². The van der Waals surface area contributed by atoms with Gasteiger partial charge in [0.05, 0.1) is 7.11 Å². The molecule has 6 heteroatoms. The van der Waals surface area contributed by atoms with Gasteiger partial charge in [0.1, 0.15) is 11.8 Å². The molecule has 2 rings (SSSR count). The second-order valence-corrected chi connectivity index (χ2v) is 5.86. The Hall–Kier alpha value is -3.02. The molecule has 0 aliphatic rings. The van der Waals surface area contributed by atoms with Gasteiger partial charge >= 0.3 is 6.03 Å². The Morgan fingerprint density at radius 2 is 1.72 bits per heavy atom. The second kappa shape index (κ2) is 8.19. The number of rotatable bonds is 5. The number of hydrogen-bond donors (Lipinski definition) is 3. The number of benzene rings is 2. The Morgan fingerprint density at radius 1 is 1.04 bits per heavy atom. The molecule has 0 aliphatic heterocycles. The first-order valence-corrected chi connectivity index (χ1v) is 7.98. The molecule has 0 saturated heterocycles. The summed E-state index contributed by atoms with van der Waals surface area (Å²) in [5.74, 6) is 0.314. The maximum absolute atomic E-state index is 12.2. The molecule has 0 spiro atoms. The molecule has 0 radical (unpaired) electrons. The Balaban J connectivity index is 1.89. The van der Waals surface area contributed by atoms with E-state index in [-0.39, 0.29) is 0 Å². The van der Waals surface area contributed by atoms with Crippen LogP contribution in [0.25, 0.3) is 0 Å². The van der Waals surface area contributed by atoms with E-state index in [2.05, 4.69) is 16.0 Å². The zero-order valence-corrected chi connectivity index (χ0v) is 14.8. The summed E-state index contributed by atoms with van der Waals surface area (Å²) in [4.78, 5) is 24.2. The molecule has 0 fully saturated rings. The third-order valence-corrected chi connectivity index (χ3v) is 3.73. The first kappa shape index (κ1) is 18.3. The summed E-state index contributed by atoms with van der Waals surface area (Å²) in [5, 5.41) is 8.06. The van der Waals surface area contributed by atoms with Gasteiger partial charge in [0.2, 0.25) is 5.91 Å². The minimum absolute atomic E-state index is 0.418. The van der Waals surface area contributed by atoms with E-state index >= 15 is 0 Å². The van der Waals surface area contributed by atoms with E-state index in [1.54, 1.807) is 38.3 Å². The molecule has 0 aliphatic carbocycles. The van der Waals surface area contributed by atoms with Crippen molar-refractivity contribution in [3.63, 3.8) is 0 Å². The molecule has 3 amide bonds. The van der Waals surface area contributed by atoms with Crippen LogP contribution in [-0.4, -0.2) is 25.1 Å². The van der Waals surface area contributed by atoms with Gasteiger partial charge in [-0.1, -0.05) is 17.7 Å². The average Bonchev–Trinajstić information content (AvgIpc) is 2.58. The fourth-order valence-corrected chi connectivity index (χ4v) is 2.33. The summed E-state index contributed by atoms with van der Waals surface area (Å²) in [6, 6.07) is 11.7. The van der Waals surface area contributed by atoms with Crippen LogP contribution < -0.4 is 20.7 Å². The maximum atomic E-state index is 12.2. The first-order chi connectivity index (χ1) is 11.9. The Labute approximate surface area is 147 Å². The van der Waals surface area contributed by atoms with Gasteiger partial charge in [0.15, 0.2) is 0 Å². The van der Waals surface area contributed by atoms with Crippen molar-refractivity contribution in [2.75, 3.05) is 17.7 Å². The molecule has 0 bridgehead atoms. The molecule has 2 aromatic rings. The third kappa shape index (κ3) is 5.24. The summed E-state index contributed by atoms with van der Waals surface area (Å²) in [5.41, 5.74) is 3.48. The minimum atomic E-state index is -0.571. The highest BCUT2D eigenvalue weighted by atomic mass is 16.5. The van der Waals surface area contributed by atoms with E-state index < -0.39 is 18.0 Å². The SMILES string of the molecule is COc1ccc(NC(C)C(=O)NC(=O)Nc2ccc(C)cc2C)cc1. The van der Waals surface area contributed by atoms with Gasteiger partial charge in [0.25, 0.3) is 0 Å². The van der Waals surface area contributed by atoms with Gasteiger partial charge in [0, 0.05) is 11.4 Å². The van der Waals surface area contributed by atoms with Crippen LogP contribution in [0, 0.1) is 13.8 Å². The van der Waals surface area contributed by atoms with Crippen LogP contribution in [0.1, 0.15) is 18.1 Å². The summed E-state index contributed by atoms with van der Waals surface area (Å²) >= 11 is 0. The predicted octanol–water partition coefficient (Wildman–Crippen LogP) is 3.46. The largest absolute Gasteiger partial charge is 0.497 e. The number of carbonyl (C=O) groups is 2. The lowest BCUT2D eigenvalue weighted by molar-refractivity contribution is -0.120. The molecule has 0 saturated carbocycles. The van der Waals surface area contributed by atoms with Crippen molar-refractivity contribution in [2.24, 2.45) is 0 Å². The Morgan fingerprint density at radius 3 is 2.32 bits per heavy atom. The normalized spacial score (nSPS) is 11.4. The van der Waals surface area contributed by atoms with Crippen molar-refractivity contribution in [1.82, 2.24) is 5.32 Å². The first-order valence-electron chi connectivity index (χ1n) is 7.98. The summed E-state index contributed by atoms with van der Waals surface area (Å²) in [6.07, 6.45) is 0. The topological polar surface area (TPSA) is 79.5 Å². The van der Waals surface area contributed by atoms with Crippen molar-refractivity contribution in [3.8, 4) is 5.75 Å². The third-order valence-electron chi connectivity index (χ3n) is 3.73. The highest BCUT2D eigenvalue weighted by molar-refractivity contribution is 6.03. The lowest BCUT2D eigenvalue weighted by atomic mass is 10.1. The summed E-state index contributed by atoms with van der Waals surface area (Å²) in [7, 11) is 1.59. The number of nitrogens with one attached hydrogen (secondary N) is 3. The molecule has 0 aromatic heterocycles. The van der Waals surface area contributed by atoms with Crippen LogP contribution in [0.4, 0.5) is 16.2 Å². The second-order valence-electron chi connectivity index (χ2n) is 5.86. The lowest BCUT2D eigenvalue weighted by Gasteiger charge is -2.16. The Bertz CT molecular complexity index is 757. The fraction of sp³-hybridized carbons (Fsp3) is 0.263. The highest BCUT2D eigenvalue weighted by Crippen LogP contribution is 2.17. The number of methoxy groups -OCH3 is 1. The van der Waals surface area contributed by atoms with Crippen LogP contribution in [0.2, 0.25) is 0 Å². The minimum Gasteiger partial charge on any atom is -0.497 e. The van der Waals surface area contributed by atoms with E-state index in [1.807, 2.05) is 32.0 Å². The summed E-state index contributed by atoms with van der Waals surface area (Å²) < 4.78 is 5.09. The van der Waals surface area contributed by atoms with Gasteiger partial charge < -0.3 is 15.4 Å². The van der Waals surface area contributed by atoms with Gasteiger partial charge in [-0.2, -0.15) is 0 Å². The number of imide groups is 1. The fourth-order valence-electron chi connectivity index (χ4n) is 2.33. The molecule has 25 heavy (non-hydrogen) atoms. The van der Waals surface area contributed by atoms with Crippen molar-refractivity contribution >= 4 is 23.3 Å². The number of aryl methyl sites for hydroxylation is 2. The van der Waals surface area contributed by atoms with Gasteiger partial charge in [-0.3, -0.25) is 10.1 Å². The Kier molecular flexibility index (Phi) is 6.00. The molecule has 1 unspecified atom stereocenters. The van der Waals surface area contributed by atoms with E-state index in [9.17, 15) is 9.59 Å². The van der Waals surface area contributed by atoms with Crippen LogP contribution in [0.3, 0.4) is 0 Å². The molecular weight excluding hydrogens is 318 g/mol. The van der Waals surface area contributed by atoms with Crippen molar-refractivity contribution in [1.29, 1.82) is 0 Å². The lowest BCUT2D eigenvalue weighted by Crippen LogP contribution is -2.43. The van der Waals surface area contributed by atoms with Crippen molar-refractivity contribution < 1.29 is 14.3 Å². The van der Waals surface area contributed by atoms with Gasteiger partial charge in [-0.15, -0.1) is 0 Å². The zero-order valence-electron chi connectivity index (χ0n) is 14.8. The van der Waals surface area contributed by atoms with E-state index in [4.69, 9.17) is 4.74 Å². The quantitative estimate of drug-likeness (QED) is 0.778. The van der Waals surface area contributed by atoms with Gasteiger partial charge in [-0.05, 0) is 56.7 Å². The number of hydrogen-bond acceptors (Lipinski definition) is 4. The van der Waals surface area contributed by atoms with Crippen LogP contribution in [-0.2, 0) is 4.79 Å². The van der Waals surface area contributed by atoms with Crippen LogP contribution in [0.5, 0.6) is 5.75 Å². The van der Waals surface area contributed by atoms with Gasteiger partial charge in [-0.25, -0.2) is 4.79 Å². The number of carbonyl (C=O) groups excluding carboxylic acids is 2. The monoisotopic (exact) mass is 341 g/mol. The van der Waals surface area contributed by atoms with E-state index in [1.165, 1.54) is 0 Å². The molecule has 3 N–H and O–H groups in total. The number of urea groups is 1. The summed E-state index contributed by atoms with van der Waals surface area (Å²) in [6.45, 7) is 5.56. The molecule has 132 valence electrons. The zero-order chi connectivity index (χ0) is 18.4. The molecular formula is C19H23N3O3. The molecule has 1 atom stereocenters. The van der Waals surface area contributed by atoms with Crippen molar-refractivity contribution in [3.05, 3.63) is 53.6 Å². The number of ether oxygens (including phenoxy) is 1. The predicted molar refractivity (Wildman–Crippen MR) is 99.2 cm³/mol. The van der Waals surface area contributed by atoms with Crippen LogP contribution >= 0.6 is 0 Å². The van der Waals surface area contributed by atoms with E-state index in [0.717, 1.165) is 22.6 Å². The van der Waals surface area contributed by atoms with E-state index in [0.29, 0.717) is 5.69 Å². The molecule has 6 nitrogen and oxygen atoms in total. The number of amides is 3. The highest BCUT2D eigenvalue weighted by Gasteiger charge is 2.16. The smallest absolute Gasteiger partial charge is 0.325 e. The number of anilines is 2. The molecule has 2 aromatic carbocycles.